The summed E-state index contributed by atoms with van der Waals surface area (Å²) in [5.41, 5.74) is 5.43. The van der Waals surface area contributed by atoms with Crippen molar-refractivity contribution in [3.05, 3.63) is 6.07 Å². The van der Waals surface area contributed by atoms with E-state index in [1.165, 1.54) is 0 Å². The molecule has 1 aromatic rings. The molecular weight excluding hydrogens is 260 g/mol. The van der Waals surface area contributed by atoms with Crippen LogP contribution in [0, 0.1) is 0 Å². The summed E-state index contributed by atoms with van der Waals surface area (Å²) in [6.45, 7) is 5.84. The molecule has 2 heterocycles. The molecule has 1 atom stereocenters. The summed E-state index contributed by atoms with van der Waals surface area (Å²) in [6, 6.07) is 1.65. The van der Waals surface area contributed by atoms with Crippen molar-refractivity contribution in [2.45, 2.75) is 25.6 Å². The SMILES string of the molecule is COc1cc(OC)nc(N2CC(CN)OC(C)(C)C2)n1. The predicted molar refractivity (Wildman–Crippen MR) is 75.4 cm³/mol. The Morgan fingerprint density at radius 2 is 1.95 bits per heavy atom. The molecule has 2 N–H and O–H groups in total. The fraction of sp³-hybridized carbons (Fsp3) is 0.692. The van der Waals surface area contributed by atoms with Crippen LogP contribution in [0.1, 0.15) is 13.8 Å². The van der Waals surface area contributed by atoms with Gasteiger partial charge in [-0.05, 0) is 13.8 Å². The number of hydrogen-bond acceptors (Lipinski definition) is 7. The highest BCUT2D eigenvalue weighted by Crippen LogP contribution is 2.26. The first-order valence-corrected chi connectivity index (χ1v) is 6.57. The van der Waals surface area contributed by atoms with E-state index in [0.717, 1.165) is 0 Å². The molecule has 112 valence electrons. The second-order valence-electron chi connectivity index (χ2n) is 5.37. The van der Waals surface area contributed by atoms with Crippen molar-refractivity contribution in [1.82, 2.24) is 9.97 Å². The monoisotopic (exact) mass is 282 g/mol. The smallest absolute Gasteiger partial charge is 0.232 e. The van der Waals surface area contributed by atoms with Crippen LogP contribution in [0.2, 0.25) is 0 Å². The molecule has 7 nitrogen and oxygen atoms in total. The predicted octanol–water partition coefficient (Wildman–Crippen LogP) is 0.436. The largest absolute Gasteiger partial charge is 0.481 e. The lowest BCUT2D eigenvalue weighted by Gasteiger charge is -2.42. The van der Waals surface area contributed by atoms with Crippen LogP contribution in [0.4, 0.5) is 5.95 Å². The number of hydrogen-bond donors (Lipinski definition) is 1. The van der Waals surface area contributed by atoms with Crippen molar-refractivity contribution in [1.29, 1.82) is 0 Å². The van der Waals surface area contributed by atoms with E-state index in [9.17, 15) is 0 Å². The van der Waals surface area contributed by atoms with Crippen LogP contribution in [0.3, 0.4) is 0 Å². The Bertz CT molecular complexity index is 445. The summed E-state index contributed by atoms with van der Waals surface area (Å²) in [4.78, 5) is 10.8. The molecule has 0 amide bonds. The van der Waals surface area contributed by atoms with Crippen LogP contribution >= 0.6 is 0 Å². The van der Waals surface area contributed by atoms with Crippen LogP contribution in [-0.4, -0.2) is 55.5 Å². The Morgan fingerprint density at radius 3 is 2.45 bits per heavy atom. The van der Waals surface area contributed by atoms with Gasteiger partial charge < -0.3 is 24.8 Å². The summed E-state index contributed by atoms with van der Waals surface area (Å²) in [6.07, 6.45) is -0.0421. The van der Waals surface area contributed by atoms with E-state index in [0.29, 0.717) is 37.3 Å². The zero-order chi connectivity index (χ0) is 14.8. The van der Waals surface area contributed by atoms with Crippen LogP contribution in [0.25, 0.3) is 0 Å². The maximum absolute atomic E-state index is 5.90. The number of morpholine rings is 1. The third-order valence-corrected chi connectivity index (χ3v) is 3.11. The summed E-state index contributed by atoms with van der Waals surface area (Å²) in [7, 11) is 3.13. The first kappa shape index (κ1) is 14.8. The van der Waals surface area contributed by atoms with E-state index in [4.69, 9.17) is 19.9 Å². The van der Waals surface area contributed by atoms with Crippen LogP contribution in [-0.2, 0) is 4.74 Å². The molecule has 0 radical (unpaired) electrons. The van der Waals surface area contributed by atoms with E-state index < -0.39 is 0 Å². The van der Waals surface area contributed by atoms with Crippen molar-refractivity contribution < 1.29 is 14.2 Å². The van der Waals surface area contributed by atoms with Gasteiger partial charge in [-0.25, -0.2) is 0 Å². The average Bonchev–Trinajstić information content (AvgIpc) is 2.44. The van der Waals surface area contributed by atoms with E-state index in [2.05, 4.69) is 9.97 Å². The van der Waals surface area contributed by atoms with Crippen molar-refractivity contribution in [3.63, 3.8) is 0 Å². The number of anilines is 1. The third-order valence-electron chi connectivity index (χ3n) is 3.11. The summed E-state index contributed by atoms with van der Waals surface area (Å²) in [5, 5.41) is 0. The number of aromatic nitrogens is 2. The zero-order valence-corrected chi connectivity index (χ0v) is 12.4. The number of nitrogens with zero attached hydrogens (tertiary/aromatic N) is 3. The van der Waals surface area contributed by atoms with Gasteiger partial charge in [0.2, 0.25) is 17.7 Å². The average molecular weight is 282 g/mol. The van der Waals surface area contributed by atoms with Crippen molar-refractivity contribution in [3.8, 4) is 11.8 Å². The minimum Gasteiger partial charge on any atom is -0.481 e. The first-order chi connectivity index (χ1) is 9.47. The highest BCUT2D eigenvalue weighted by Gasteiger charge is 2.34. The summed E-state index contributed by atoms with van der Waals surface area (Å²) < 4.78 is 16.3. The fourth-order valence-electron chi connectivity index (χ4n) is 2.31. The van der Waals surface area contributed by atoms with Gasteiger partial charge in [-0.3, -0.25) is 0 Å². The van der Waals surface area contributed by atoms with E-state index in [1.807, 2.05) is 18.7 Å². The topological polar surface area (TPSA) is 82.7 Å². The Balaban J connectivity index is 2.29. The Labute approximate surface area is 119 Å². The highest BCUT2D eigenvalue weighted by atomic mass is 16.5. The second-order valence-corrected chi connectivity index (χ2v) is 5.37. The quantitative estimate of drug-likeness (QED) is 0.857. The standard InChI is InChI=1S/C13H22N4O3/c1-13(2)8-17(7-9(6-14)20-13)12-15-10(18-3)5-11(16-12)19-4/h5,9H,6-8,14H2,1-4H3. The van der Waals surface area contributed by atoms with E-state index in [1.54, 1.807) is 20.3 Å². The van der Waals surface area contributed by atoms with Crippen molar-refractivity contribution in [2.24, 2.45) is 5.73 Å². The minimum absolute atomic E-state index is 0.0421. The van der Waals surface area contributed by atoms with Crippen molar-refractivity contribution >= 4 is 5.95 Å². The van der Waals surface area contributed by atoms with Gasteiger partial charge in [0.25, 0.3) is 0 Å². The van der Waals surface area contributed by atoms with E-state index in [-0.39, 0.29) is 11.7 Å². The molecule has 1 aliphatic heterocycles. The summed E-state index contributed by atoms with van der Waals surface area (Å²) in [5.74, 6) is 1.51. The summed E-state index contributed by atoms with van der Waals surface area (Å²) >= 11 is 0. The molecule has 0 spiro atoms. The van der Waals surface area contributed by atoms with Crippen molar-refractivity contribution in [2.75, 3.05) is 38.8 Å². The maximum Gasteiger partial charge on any atom is 0.232 e. The molecule has 1 fully saturated rings. The van der Waals surface area contributed by atoms with Gasteiger partial charge in [0.15, 0.2) is 0 Å². The number of rotatable bonds is 4. The zero-order valence-electron chi connectivity index (χ0n) is 12.4. The van der Waals surface area contributed by atoms with Crippen LogP contribution in [0.15, 0.2) is 6.07 Å². The molecule has 1 aromatic heterocycles. The van der Waals surface area contributed by atoms with Crippen LogP contribution in [0.5, 0.6) is 11.8 Å². The molecular formula is C13H22N4O3. The Hall–Kier alpha value is -1.60. The Morgan fingerprint density at radius 1 is 1.35 bits per heavy atom. The number of methoxy groups -OCH3 is 2. The fourth-order valence-corrected chi connectivity index (χ4v) is 2.31. The molecule has 2 rings (SSSR count). The van der Waals surface area contributed by atoms with Gasteiger partial charge in [0, 0.05) is 19.6 Å². The van der Waals surface area contributed by atoms with E-state index >= 15 is 0 Å². The van der Waals surface area contributed by atoms with Gasteiger partial charge in [0.05, 0.1) is 32.0 Å². The first-order valence-electron chi connectivity index (χ1n) is 6.57. The van der Waals surface area contributed by atoms with Gasteiger partial charge >= 0.3 is 0 Å². The highest BCUT2D eigenvalue weighted by molar-refractivity contribution is 5.38. The maximum atomic E-state index is 5.90. The number of ether oxygens (including phenoxy) is 3. The Kier molecular flexibility index (Phi) is 4.29. The minimum atomic E-state index is -0.304. The molecule has 20 heavy (non-hydrogen) atoms. The molecule has 1 saturated heterocycles. The van der Waals surface area contributed by atoms with Gasteiger partial charge in [0.1, 0.15) is 0 Å². The van der Waals surface area contributed by atoms with Crippen LogP contribution < -0.4 is 20.1 Å². The number of nitrogens with two attached hydrogens (primary N) is 1. The molecule has 1 aliphatic rings. The molecule has 0 saturated carbocycles. The molecule has 0 aromatic carbocycles. The lowest BCUT2D eigenvalue weighted by Crippen LogP contribution is -2.55. The third kappa shape index (κ3) is 3.29. The molecule has 7 heteroatoms. The lowest BCUT2D eigenvalue weighted by atomic mass is 10.1. The molecule has 0 bridgehead atoms. The molecule has 1 unspecified atom stereocenters. The second kappa shape index (κ2) is 5.80. The van der Waals surface area contributed by atoms with Gasteiger partial charge in [-0.2, -0.15) is 9.97 Å². The van der Waals surface area contributed by atoms with Gasteiger partial charge in [-0.1, -0.05) is 0 Å². The normalized spacial score (nSPS) is 21.6. The van der Waals surface area contributed by atoms with Gasteiger partial charge in [-0.15, -0.1) is 0 Å². The lowest BCUT2D eigenvalue weighted by molar-refractivity contribution is -0.0792. The molecule has 0 aliphatic carbocycles.